The Kier molecular flexibility index (Phi) is 3.87. The van der Waals surface area contributed by atoms with Gasteiger partial charge in [0.25, 0.3) is 0 Å². The van der Waals surface area contributed by atoms with Crippen LogP contribution in [0.1, 0.15) is 27.2 Å². The molecule has 10 heavy (non-hydrogen) atoms. The normalized spacial score (nSPS) is 15.5. The van der Waals surface area contributed by atoms with Crippen molar-refractivity contribution in [3.8, 4) is 6.19 Å². The summed E-state index contributed by atoms with van der Waals surface area (Å²) < 4.78 is 0. The van der Waals surface area contributed by atoms with Crippen molar-refractivity contribution in [1.29, 1.82) is 5.26 Å². The molecule has 0 bridgehead atoms. The zero-order chi connectivity index (χ0) is 8.15. The molecule has 0 aliphatic heterocycles. The number of nitriles is 1. The fourth-order valence-corrected chi connectivity index (χ4v) is 0.814. The van der Waals surface area contributed by atoms with Gasteiger partial charge in [0.15, 0.2) is 6.19 Å². The van der Waals surface area contributed by atoms with Gasteiger partial charge in [-0.1, -0.05) is 20.3 Å². The van der Waals surface area contributed by atoms with Crippen LogP contribution in [-0.4, -0.2) is 18.0 Å². The third-order valence-corrected chi connectivity index (χ3v) is 2.24. The van der Waals surface area contributed by atoms with Crippen molar-refractivity contribution in [2.24, 2.45) is 5.92 Å². The van der Waals surface area contributed by atoms with Crippen LogP contribution in [0.5, 0.6) is 0 Å². The second-order valence-electron chi connectivity index (χ2n) is 2.84. The van der Waals surface area contributed by atoms with E-state index in [1.807, 2.05) is 7.05 Å². The molecule has 0 aromatic heterocycles. The molecule has 0 spiro atoms. The molecule has 2 atom stereocenters. The molecule has 0 radical (unpaired) electrons. The molecule has 2 unspecified atom stereocenters. The van der Waals surface area contributed by atoms with Crippen molar-refractivity contribution < 1.29 is 0 Å². The van der Waals surface area contributed by atoms with E-state index in [4.69, 9.17) is 5.26 Å². The number of nitrogens with zero attached hydrogens (tertiary/aromatic N) is 2. The van der Waals surface area contributed by atoms with Gasteiger partial charge in [0.2, 0.25) is 0 Å². The summed E-state index contributed by atoms with van der Waals surface area (Å²) in [6.07, 6.45) is 3.25. The summed E-state index contributed by atoms with van der Waals surface area (Å²) in [7, 11) is 1.83. The maximum Gasteiger partial charge on any atom is 0.179 e. The summed E-state index contributed by atoms with van der Waals surface area (Å²) in [5.74, 6) is 0.602. The third-order valence-electron chi connectivity index (χ3n) is 2.24. The summed E-state index contributed by atoms with van der Waals surface area (Å²) >= 11 is 0. The average molecular weight is 140 g/mol. The Hall–Kier alpha value is -0.710. The quantitative estimate of drug-likeness (QED) is 0.442. The van der Waals surface area contributed by atoms with Gasteiger partial charge >= 0.3 is 0 Å². The third kappa shape index (κ3) is 2.26. The van der Waals surface area contributed by atoms with E-state index in [1.165, 1.54) is 0 Å². The highest BCUT2D eigenvalue weighted by Crippen LogP contribution is 2.11. The fraction of sp³-hybridized carbons (Fsp3) is 0.875. The maximum absolute atomic E-state index is 8.53. The molecule has 0 rings (SSSR count). The lowest BCUT2D eigenvalue weighted by Crippen LogP contribution is -2.30. The van der Waals surface area contributed by atoms with Crippen LogP contribution >= 0.6 is 0 Å². The van der Waals surface area contributed by atoms with Gasteiger partial charge in [-0.3, -0.25) is 0 Å². The smallest absolute Gasteiger partial charge is 0.179 e. The summed E-state index contributed by atoms with van der Waals surface area (Å²) in [4.78, 5) is 1.70. The van der Waals surface area contributed by atoms with E-state index >= 15 is 0 Å². The predicted octanol–water partition coefficient (Wildman–Crippen LogP) is 1.83. The predicted molar refractivity (Wildman–Crippen MR) is 42.3 cm³/mol. The Morgan fingerprint density at radius 1 is 1.50 bits per heavy atom. The van der Waals surface area contributed by atoms with E-state index in [0.29, 0.717) is 12.0 Å². The highest BCUT2D eigenvalue weighted by atomic mass is 15.1. The Balaban J connectivity index is 3.84. The van der Waals surface area contributed by atoms with Gasteiger partial charge in [-0.05, 0) is 12.8 Å². The van der Waals surface area contributed by atoms with Crippen LogP contribution in [0.3, 0.4) is 0 Å². The van der Waals surface area contributed by atoms with Crippen LogP contribution in [0, 0.1) is 17.4 Å². The Morgan fingerprint density at radius 3 is 2.30 bits per heavy atom. The molecular weight excluding hydrogens is 124 g/mol. The highest BCUT2D eigenvalue weighted by Gasteiger charge is 2.13. The first kappa shape index (κ1) is 9.29. The van der Waals surface area contributed by atoms with E-state index in [-0.39, 0.29) is 0 Å². The van der Waals surface area contributed by atoms with E-state index in [0.717, 1.165) is 6.42 Å². The zero-order valence-electron chi connectivity index (χ0n) is 7.26. The van der Waals surface area contributed by atoms with E-state index in [2.05, 4.69) is 27.0 Å². The van der Waals surface area contributed by atoms with Gasteiger partial charge in [-0.15, -0.1) is 0 Å². The molecule has 0 aliphatic rings. The van der Waals surface area contributed by atoms with Crippen LogP contribution < -0.4 is 0 Å². The first-order chi connectivity index (χ1) is 4.63. The van der Waals surface area contributed by atoms with Crippen molar-refractivity contribution in [2.45, 2.75) is 33.2 Å². The van der Waals surface area contributed by atoms with Gasteiger partial charge in [-0.25, -0.2) is 0 Å². The van der Waals surface area contributed by atoms with Gasteiger partial charge in [-0.2, -0.15) is 5.26 Å². The average Bonchev–Trinajstić information content (AvgIpc) is 2.00. The van der Waals surface area contributed by atoms with Gasteiger partial charge < -0.3 is 4.90 Å². The second kappa shape index (κ2) is 4.16. The zero-order valence-corrected chi connectivity index (χ0v) is 7.26. The highest BCUT2D eigenvalue weighted by molar-refractivity contribution is 4.78. The SMILES string of the molecule is CCC(C)C(C)N(C)C#N. The lowest BCUT2D eigenvalue weighted by molar-refractivity contribution is 0.271. The maximum atomic E-state index is 8.53. The minimum absolute atomic E-state index is 0.370. The van der Waals surface area contributed by atoms with Crippen molar-refractivity contribution in [1.82, 2.24) is 4.90 Å². The largest absolute Gasteiger partial charge is 0.311 e. The number of rotatable bonds is 3. The van der Waals surface area contributed by atoms with Crippen molar-refractivity contribution in [2.75, 3.05) is 7.05 Å². The van der Waals surface area contributed by atoms with E-state index in [1.54, 1.807) is 4.90 Å². The van der Waals surface area contributed by atoms with Crippen molar-refractivity contribution >= 4 is 0 Å². The molecule has 0 aromatic carbocycles. The minimum atomic E-state index is 0.370. The topological polar surface area (TPSA) is 27.0 Å². The molecule has 0 aromatic rings. The monoisotopic (exact) mass is 140 g/mol. The Labute approximate surface area is 63.4 Å². The van der Waals surface area contributed by atoms with Crippen LogP contribution in [0.15, 0.2) is 0 Å². The molecule has 0 N–H and O–H groups in total. The standard InChI is InChI=1S/C8H16N2/c1-5-7(2)8(3)10(4)6-9/h7-8H,5H2,1-4H3. The molecular formula is C8H16N2. The molecule has 0 fully saturated rings. The van der Waals surface area contributed by atoms with Crippen molar-refractivity contribution in [3.63, 3.8) is 0 Å². The summed E-state index contributed by atoms with van der Waals surface area (Å²) in [5, 5.41) is 8.53. The lowest BCUT2D eigenvalue weighted by atomic mass is 10.0. The van der Waals surface area contributed by atoms with E-state index < -0.39 is 0 Å². The molecule has 0 aliphatic carbocycles. The van der Waals surface area contributed by atoms with Crippen LogP contribution in [0.2, 0.25) is 0 Å². The molecule has 2 heteroatoms. The minimum Gasteiger partial charge on any atom is -0.311 e. The molecule has 0 saturated heterocycles. The molecule has 0 heterocycles. The van der Waals surface area contributed by atoms with Crippen LogP contribution in [-0.2, 0) is 0 Å². The number of hydrogen-bond donors (Lipinski definition) is 0. The Bertz CT molecular complexity index is 126. The second-order valence-corrected chi connectivity index (χ2v) is 2.84. The van der Waals surface area contributed by atoms with Gasteiger partial charge in [0, 0.05) is 13.1 Å². The summed E-state index contributed by atoms with van der Waals surface area (Å²) in [6, 6.07) is 0.370. The fourth-order valence-electron chi connectivity index (χ4n) is 0.814. The van der Waals surface area contributed by atoms with Crippen molar-refractivity contribution in [3.05, 3.63) is 0 Å². The van der Waals surface area contributed by atoms with Gasteiger partial charge in [0.1, 0.15) is 0 Å². The first-order valence-electron chi connectivity index (χ1n) is 3.76. The first-order valence-corrected chi connectivity index (χ1v) is 3.76. The molecule has 2 nitrogen and oxygen atoms in total. The Morgan fingerprint density at radius 2 is 2.00 bits per heavy atom. The lowest BCUT2D eigenvalue weighted by Gasteiger charge is -2.23. The molecule has 58 valence electrons. The number of hydrogen-bond acceptors (Lipinski definition) is 2. The summed E-state index contributed by atoms with van der Waals surface area (Å²) in [5.41, 5.74) is 0. The van der Waals surface area contributed by atoms with Gasteiger partial charge in [0.05, 0.1) is 0 Å². The molecule has 0 amide bonds. The molecule has 0 saturated carbocycles. The summed E-state index contributed by atoms with van der Waals surface area (Å²) in [6.45, 7) is 6.39. The van der Waals surface area contributed by atoms with Crippen LogP contribution in [0.4, 0.5) is 0 Å². The van der Waals surface area contributed by atoms with E-state index in [9.17, 15) is 0 Å². The van der Waals surface area contributed by atoms with Crippen LogP contribution in [0.25, 0.3) is 0 Å².